The van der Waals surface area contributed by atoms with E-state index in [0.29, 0.717) is 0 Å². The summed E-state index contributed by atoms with van der Waals surface area (Å²) in [5.74, 6) is 0. The molecule has 0 aliphatic heterocycles. The fourth-order valence-electron chi connectivity index (χ4n) is 1.20. The molecule has 1 aliphatic carbocycles. The lowest BCUT2D eigenvalue weighted by Crippen LogP contribution is -1.80. The van der Waals surface area contributed by atoms with E-state index in [9.17, 15) is 0 Å². The molecule has 19 heavy (non-hydrogen) atoms. The van der Waals surface area contributed by atoms with Crippen molar-refractivity contribution in [2.24, 2.45) is 0 Å². The summed E-state index contributed by atoms with van der Waals surface area (Å²) in [5.41, 5.74) is 0. The van der Waals surface area contributed by atoms with Crippen LogP contribution >= 0.6 is 11.8 Å². The molecule has 0 nitrogen and oxygen atoms in total. The van der Waals surface area contributed by atoms with Crippen LogP contribution in [0, 0.1) is 0 Å². The van der Waals surface area contributed by atoms with Gasteiger partial charge in [-0.1, -0.05) is 89.1 Å². The molecule has 1 aliphatic rings. The highest BCUT2D eigenvalue weighted by molar-refractivity contribution is 8.07. The zero-order valence-corrected chi connectivity index (χ0v) is 13.7. The average molecular weight is 276 g/mol. The lowest BCUT2D eigenvalue weighted by Gasteiger charge is -2.06. The first-order valence-corrected chi connectivity index (χ1v) is 7.85. The molecule has 0 bridgehead atoms. The molecule has 0 saturated carbocycles. The largest absolute Gasteiger partial charge is 0.0991 e. The number of hydrogen-bond donors (Lipinski definition) is 0. The summed E-state index contributed by atoms with van der Waals surface area (Å²) < 4.78 is 0. The monoisotopic (exact) mass is 276 g/mol. The van der Waals surface area contributed by atoms with Crippen molar-refractivity contribution in [1.29, 1.82) is 0 Å². The summed E-state index contributed by atoms with van der Waals surface area (Å²) in [6.45, 7) is 15.4. The molecule has 106 valence electrons. The summed E-state index contributed by atoms with van der Waals surface area (Å²) in [5, 5.41) is 0. The van der Waals surface area contributed by atoms with Crippen LogP contribution in [-0.4, -0.2) is 0 Å². The summed E-state index contributed by atoms with van der Waals surface area (Å²) in [6, 6.07) is 0. The maximum absolute atomic E-state index is 3.71. The quantitative estimate of drug-likeness (QED) is 0.496. The predicted molar refractivity (Wildman–Crippen MR) is 94.4 cm³/mol. The van der Waals surface area contributed by atoms with Gasteiger partial charge in [0.25, 0.3) is 0 Å². The molecule has 0 radical (unpaired) electrons. The van der Waals surface area contributed by atoms with Gasteiger partial charge in [0.05, 0.1) is 0 Å². The Hall–Kier alpha value is -1.21. The zero-order valence-electron chi connectivity index (χ0n) is 12.9. The van der Waals surface area contributed by atoms with Gasteiger partial charge in [0.2, 0.25) is 0 Å². The summed E-state index contributed by atoms with van der Waals surface area (Å²) in [7, 11) is 0. The molecule has 0 amide bonds. The number of rotatable bonds is 5. The van der Waals surface area contributed by atoms with E-state index in [1.807, 2.05) is 52.0 Å². The van der Waals surface area contributed by atoms with Crippen LogP contribution in [0.2, 0.25) is 0 Å². The molecule has 0 aromatic heterocycles. The Kier molecular flexibility index (Phi) is 17.8. The molecule has 0 fully saturated rings. The van der Waals surface area contributed by atoms with E-state index in [2.05, 4.69) is 31.4 Å². The van der Waals surface area contributed by atoms with Crippen molar-refractivity contribution >= 4 is 11.8 Å². The van der Waals surface area contributed by atoms with Crippen LogP contribution in [0.1, 0.15) is 40.5 Å². The van der Waals surface area contributed by atoms with Crippen LogP contribution in [0.3, 0.4) is 0 Å². The standard InChI is InChI=1S/C14H16S.2C2H6/c1-3-5-10-13(9-4-2)15-14-11-7-6-8-12-14;2*1-2/h3-5,7,9-12H,1-2,6,8H2;2*1-2H3/b10-5-,13-9+;;. The topological polar surface area (TPSA) is 0 Å². The first-order chi connectivity index (χ1) is 9.36. The molecule has 1 rings (SSSR count). The average Bonchev–Trinajstić information content (AvgIpc) is 2.50. The van der Waals surface area contributed by atoms with Gasteiger partial charge >= 0.3 is 0 Å². The normalized spacial score (nSPS) is 13.7. The third-order valence-electron chi connectivity index (χ3n) is 1.88. The molecular weight excluding hydrogens is 248 g/mol. The third kappa shape index (κ3) is 11.6. The van der Waals surface area contributed by atoms with Crippen molar-refractivity contribution in [2.75, 3.05) is 0 Å². The van der Waals surface area contributed by atoms with Gasteiger partial charge in [0.15, 0.2) is 0 Å². The minimum Gasteiger partial charge on any atom is -0.0991 e. The highest BCUT2D eigenvalue weighted by atomic mass is 32.2. The van der Waals surface area contributed by atoms with E-state index in [0.717, 1.165) is 12.8 Å². The molecule has 0 N–H and O–H groups in total. The molecule has 0 atom stereocenters. The van der Waals surface area contributed by atoms with Gasteiger partial charge in [0.1, 0.15) is 0 Å². The Labute approximate surface area is 124 Å². The number of hydrogen-bond acceptors (Lipinski definition) is 1. The van der Waals surface area contributed by atoms with Crippen LogP contribution in [0.5, 0.6) is 0 Å². The minimum atomic E-state index is 1.14. The Morgan fingerprint density at radius 1 is 1.11 bits per heavy atom. The van der Waals surface area contributed by atoms with E-state index in [4.69, 9.17) is 0 Å². The van der Waals surface area contributed by atoms with Gasteiger partial charge in [-0.15, -0.1) is 0 Å². The highest BCUT2D eigenvalue weighted by Gasteiger charge is 1.99. The lowest BCUT2D eigenvalue weighted by molar-refractivity contribution is 1.03. The van der Waals surface area contributed by atoms with Crippen molar-refractivity contribution in [3.63, 3.8) is 0 Å². The maximum atomic E-state index is 3.71. The van der Waals surface area contributed by atoms with Crippen molar-refractivity contribution < 1.29 is 0 Å². The second kappa shape index (κ2) is 16.8. The molecule has 0 heterocycles. The Balaban J connectivity index is 0. The van der Waals surface area contributed by atoms with Crippen LogP contribution < -0.4 is 0 Å². The zero-order chi connectivity index (χ0) is 14.9. The molecule has 0 aromatic rings. The number of allylic oxidation sites excluding steroid dienone is 8. The Bertz CT molecular complexity index is 341. The molecule has 0 spiro atoms. The van der Waals surface area contributed by atoms with Crippen molar-refractivity contribution in [3.05, 3.63) is 71.6 Å². The van der Waals surface area contributed by atoms with Crippen LogP contribution in [0.15, 0.2) is 71.6 Å². The van der Waals surface area contributed by atoms with Gasteiger partial charge < -0.3 is 0 Å². The van der Waals surface area contributed by atoms with Crippen molar-refractivity contribution in [2.45, 2.75) is 40.5 Å². The lowest BCUT2D eigenvalue weighted by atomic mass is 10.2. The van der Waals surface area contributed by atoms with E-state index < -0.39 is 0 Å². The smallest absolute Gasteiger partial charge is 0.0122 e. The van der Waals surface area contributed by atoms with E-state index >= 15 is 0 Å². The van der Waals surface area contributed by atoms with Crippen molar-refractivity contribution in [1.82, 2.24) is 0 Å². The number of thioether (sulfide) groups is 1. The van der Waals surface area contributed by atoms with Crippen molar-refractivity contribution in [3.8, 4) is 0 Å². The predicted octanol–water partition coefficient (Wildman–Crippen LogP) is 6.82. The van der Waals surface area contributed by atoms with Crippen LogP contribution in [0.25, 0.3) is 0 Å². The van der Waals surface area contributed by atoms with Crippen LogP contribution in [0.4, 0.5) is 0 Å². The maximum Gasteiger partial charge on any atom is 0.0122 e. The Morgan fingerprint density at radius 3 is 2.26 bits per heavy atom. The summed E-state index contributed by atoms with van der Waals surface area (Å²) in [6.07, 6.45) is 18.5. The molecule has 1 heteroatoms. The third-order valence-corrected chi connectivity index (χ3v) is 2.92. The first kappa shape index (κ1) is 20.1. The van der Waals surface area contributed by atoms with Crippen LogP contribution in [-0.2, 0) is 0 Å². The second-order valence-corrected chi connectivity index (χ2v) is 4.23. The second-order valence-electron chi connectivity index (χ2n) is 3.09. The molecule has 0 saturated heterocycles. The fraction of sp³-hybridized carbons (Fsp3) is 0.333. The van der Waals surface area contributed by atoms with E-state index in [1.54, 1.807) is 17.8 Å². The minimum absolute atomic E-state index is 1.14. The van der Waals surface area contributed by atoms with Gasteiger partial charge in [-0.2, -0.15) is 0 Å². The highest BCUT2D eigenvalue weighted by Crippen LogP contribution is 2.30. The molecule has 0 unspecified atom stereocenters. The van der Waals surface area contributed by atoms with E-state index in [-0.39, 0.29) is 0 Å². The fourth-order valence-corrected chi connectivity index (χ4v) is 2.15. The van der Waals surface area contributed by atoms with Gasteiger partial charge in [0, 0.05) is 9.81 Å². The summed E-state index contributed by atoms with van der Waals surface area (Å²) >= 11 is 1.76. The van der Waals surface area contributed by atoms with Gasteiger partial charge in [-0.05, 0) is 25.0 Å². The Morgan fingerprint density at radius 2 is 1.79 bits per heavy atom. The van der Waals surface area contributed by atoms with Gasteiger partial charge in [-0.25, -0.2) is 0 Å². The molecular formula is C18H28S. The SMILES string of the molecule is C=C/C=C\C(=C/C=C)SC1=CCCC=C1.CC.CC. The first-order valence-electron chi connectivity index (χ1n) is 7.03. The molecule has 0 aromatic carbocycles. The van der Waals surface area contributed by atoms with Gasteiger partial charge in [-0.3, -0.25) is 0 Å². The summed E-state index contributed by atoms with van der Waals surface area (Å²) in [4.78, 5) is 2.49. The van der Waals surface area contributed by atoms with E-state index in [1.165, 1.54) is 9.81 Å².